The van der Waals surface area contributed by atoms with Crippen molar-refractivity contribution in [3.8, 4) is 11.3 Å². The Morgan fingerprint density at radius 3 is 2.69 bits per heavy atom. The molecule has 0 atom stereocenters. The van der Waals surface area contributed by atoms with Gasteiger partial charge in [-0.1, -0.05) is 60.1 Å². The fourth-order valence-electron chi connectivity index (χ4n) is 2.94. The summed E-state index contributed by atoms with van der Waals surface area (Å²) in [5, 5.41) is 12.7. The van der Waals surface area contributed by atoms with E-state index < -0.39 is 0 Å². The maximum absolute atomic E-state index is 12.5. The third-order valence-corrected chi connectivity index (χ3v) is 4.57. The van der Waals surface area contributed by atoms with Gasteiger partial charge in [-0.2, -0.15) is 5.10 Å². The van der Waals surface area contributed by atoms with E-state index in [4.69, 9.17) is 11.6 Å². The maximum Gasteiger partial charge on any atom is 0.273 e. The molecule has 0 saturated heterocycles. The molecule has 0 aliphatic heterocycles. The normalized spacial score (nSPS) is 10.8. The number of aromatic nitrogens is 2. The molecule has 1 amide bonds. The molecule has 0 unspecified atom stereocenters. The lowest BCUT2D eigenvalue weighted by molar-refractivity contribution is 0.102. The van der Waals surface area contributed by atoms with Crippen molar-refractivity contribution in [3.63, 3.8) is 0 Å². The minimum Gasteiger partial charge on any atom is -0.319 e. The van der Waals surface area contributed by atoms with Gasteiger partial charge in [0.15, 0.2) is 0 Å². The topological polar surface area (TPSA) is 57.8 Å². The van der Waals surface area contributed by atoms with E-state index in [1.807, 2.05) is 49.4 Å². The van der Waals surface area contributed by atoms with E-state index in [-0.39, 0.29) is 5.91 Å². The Balaban J connectivity index is 1.64. The predicted octanol–water partition coefficient (Wildman–Crippen LogP) is 5.44. The Morgan fingerprint density at radius 2 is 1.85 bits per heavy atom. The summed E-state index contributed by atoms with van der Waals surface area (Å²) in [6.45, 7) is 1.95. The molecule has 4 aromatic rings. The van der Waals surface area contributed by atoms with E-state index in [0.29, 0.717) is 16.4 Å². The number of carbonyl (C=O) groups excluding carboxylic acids is 1. The van der Waals surface area contributed by atoms with Crippen LogP contribution in [0.4, 0.5) is 5.69 Å². The second-order valence-electron chi connectivity index (χ2n) is 6.13. The fourth-order valence-corrected chi connectivity index (χ4v) is 3.22. The van der Waals surface area contributed by atoms with E-state index in [1.54, 1.807) is 12.1 Å². The first kappa shape index (κ1) is 16.4. The van der Waals surface area contributed by atoms with Gasteiger partial charge in [-0.05, 0) is 41.5 Å². The van der Waals surface area contributed by atoms with Gasteiger partial charge in [-0.15, -0.1) is 0 Å². The van der Waals surface area contributed by atoms with Crippen LogP contribution in [0.1, 0.15) is 16.1 Å². The minimum atomic E-state index is -0.283. The molecule has 128 valence electrons. The first-order chi connectivity index (χ1) is 12.6. The smallest absolute Gasteiger partial charge is 0.273 e. The van der Waals surface area contributed by atoms with E-state index in [2.05, 4.69) is 27.6 Å². The number of benzene rings is 3. The minimum absolute atomic E-state index is 0.283. The standard InChI is InChI=1S/C21H16ClN3O/c1-13-9-10-18(17(22)11-13)23-21(26)20-12-19(24-25-20)16-8-4-6-14-5-2-3-7-15(14)16/h2-12H,1H3,(H,23,26)(H,24,25). The summed E-state index contributed by atoms with van der Waals surface area (Å²) in [5.74, 6) is -0.283. The first-order valence-corrected chi connectivity index (χ1v) is 8.61. The number of aromatic amines is 1. The van der Waals surface area contributed by atoms with Crippen molar-refractivity contribution in [2.45, 2.75) is 6.92 Å². The molecule has 4 rings (SSSR count). The highest BCUT2D eigenvalue weighted by molar-refractivity contribution is 6.34. The van der Waals surface area contributed by atoms with Crippen LogP contribution < -0.4 is 5.32 Å². The summed E-state index contributed by atoms with van der Waals surface area (Å²) in [4.78, 5) is 12.5. The zero-order valence-corrected chi connectivity index (χ0v) is 14.8. The van der Waals surface area contributed by atoms with Crippen molar-refractivity contribution < 1.29 is 4.79 Å². The number of hydrogen-bond acceptors (Lipinski definition) is 2. The van der Waals surface area contributed by atoms with Crippen molar-refractivity contribution in [1.82, 2.24) is 10.2 Å². The first-order valence-electron chi connectivity index (χ1n) is 8.23. The molecule has 0 fully saturated rings. The fraction of sp³-hybridized carbons (Fsp3) is 0.0476. The lowest BCUT2D eigenvalue weighted by Gasteiger charge is -2.06. The number of nitrogens with zero attached hydrogens (tertiary/aromatic N) is 1. The molecule has 1 aromatic heterocycles. The Labute approximate surface area is 155 Å². The average molecular weight is 362 g/mol. The maximum atomic E-state index is 12.5. The van der Waals surface area contributed by atoms with Gasteiger partial charge in [0.05, 0.1) is 16.4 Å². The zero-order chi connectivity index (χ0) is 18.1. The van der Waals surface area contributed by atoms with Crippen LogP contribution in [0.15, 0.2) is 66.7 Å². The molecule has 0 bridgehead atoms. The molecule has 0 spiro atoms. The number of fused-ring (bicyclic) bond motifs is 1. The molecule has 0 aliphatic rings. The van der Waals surface area contributed by atoms with E-state index in [9.17, 15) is 4.79 Å². The van der Waals surface area contributed by atoms with Gasteiger partial charge in [0.1, 0.15) is 5.69 Å². The Bertz CT molecular complexity index is 1110. The molecule has 26 heavy (non-hydrogen) atoms. The van der Waals surface area contributed by atoms with Crippen LogP contribution in [0.25, 0.3) is 22.0 Å². The molecule has 3 aromatic carbocycles. The van der Waals surface area contributed by atoms with Gasteiger partial charge in [0.2, 0.25) is 0 Å². The van der Waals surface area contributed by atoms with Crippen LogP contribution in [0.2, 0.25) is 5.02 Å². The third-order valence-electron chi connectivity index (χ3n) is 4.26. The second kappa shape index (κ2) is 6.65. The highest BCUT2D eigenvalue weighted by atomic mass is 35.5. The third kappa shape index (κ3) is 3.07. The van der Waals surface area contributed by atoms with Crippen LogP contribution in [0, 0.1) is 6.92 Å². The van der Waals surface area contributed by atoms with Crippen LogP contribution in [-0.2, 0) is 0 Å². The van der Waals surface area contributed by atoms with Gasteiger partial charge in [-0.25, -0.2) is 0 Å². The highest BCUT2D eigenvalue weighted by Gasteiger charge is 2.14. The molecular weight excluding hydrogens is 346 g/mol. The largest absolute Gasteiger partial charge is 0.319 e. The van der Waals surface area contributed by atoms with Crippen molar-refractivity contribution >= 4 is 34.0 Å². The molecule has 5 heteroatoms. The second-order valence-corrected chi connectivity index (χ2v) is 6.54. The number of aryl methyl sites for hydroxylation is 1. The van der Waals surface area contributed by atoms with Crippen molar-refractivity contribution in [2.24, 2.45) is 0 Å². The summed E-state index contributed by atoms with van der Waals surface area (Å²) in [7, 11) is 0. The number of amides is 1. The molecule has 0 saturated carbocycles. The molecule has 2 N–H and O–H groups in total. The summed E-state index contributed by atoms with van der Waals surface area (Å²) in [5.41, 5.74) is 3.69. The van der Waals surface area contributed by atoms with Gasteiger partial charge >= 0.3 is 0 Å². The van der Waals surface area contributed by atoms with E-state index in [1.165, 1.54) is 0 Å². The molecule has 0 radical (unpaired) electrons. The summed E-state index contributed by atoms with van der Waals surface area (Å²) in [6.07, 6.45) is 0. The number of halogens is 1. The lowest BCUT2D eigenvalue weighted by atomic mass is 10.0. The molecular formula is C21H16ClN3O. The van der Waals surface area contributed by atoms with Crippen LogP contribution in [0.5, 0.6) is 0 Å². The van der Waals surface area contributed by atoms with Crippen LogP contribution >= 0.6 is 11.6 Å². The van der Waals surface area contributed by atoms with Crippen molar-refractivity contribution in [2.75, 3.05) is 5.32 Å². The van der Waals surface area contributed by atoms with E-state index in [0.717, 1.165) is 27.6 Å². The molecule has 0 aliphatic carbocycles. The van der Waals surface area contributed by atoms with Crippen LogP contribution in [0.3, 0.4) is 0 Å². The lowest BCUT2D eigenvalue weighted by Crippen LogP contribution is -2.12. The SMILES string of the molecule is Cc1ccc(NC(=O)c2cc(-c3cccc4ccccc34)n[nH]2)c(Cl)c1. The zero-order valence-electron chi connectivity index (χ0n) is 14.1. The predicted molar refractivity (Wildman–Crippen MR) is 106 cm³/mol. The average Bonchev–Trinajstić information content (AvgIpc) is 3.13. The van der Waals surface area contributed by atoms with Gasteiger partial charge in [0, 0.05) is 5.56 Å². The quantitative estimate of drug-likeness (QED) is 0.510. The van der Waals surface area contributed by atoms with Gasteiger partial charge in [0.25, 0.3) is 5.91 Å². The summed E-state index contributed by atoms with van der Waals surface area (Å²) < 4.78 is 0. The number of anilines is 1. The number of nitrogens with one attached hydrogen (secondary N) is 2. The van der Waals surface area contributed by atoms with Crippen molar-refractivity contribution in [1.29, 1.82) is 0 Å². The summed E-state index contributed by atoms with van der Waals surface area (Å²) >= 11 is 6.19. The number of carbonyl (C=O) groups is 1. The number of rotatable bonds is 3. The van der Waals surface area contributed by atoms with Gasteiger partial charge < -0.3 is 5.32 Å². The van der Waals surface area contributed by atoms with E-state index >= 15 is 0 Å². The van der Waals surface area contributed by atoms with Crippen molar-refractivity contribution in [3.05, 3.63) is 83.0 Å². The number of H-pyrrole nitrogens is 1. The number of hydrogen-bond donors (Lipinski definition) is 2. The monoisotopic (exact) mass is 361 g/mol. The highest BCUT2D eigenvalue weighted by Crippen LogP contribution is 2.28. The Hall–Kier alpha value is -3.11. The molecule has 4 nitrogen and oxygen atoms in total. The van der Waals surface area contributed by atoms with Crippen LogP contribution in [-0.4, -0.2) is 16.1 Å². The summed E-state index contributed by atoms with van der Waals surface area (Å²) in [6, 6.07) is 21.4. The Morgan fingerprint density at radius 1 is 1.04 bits per heavy atom. The molecule has 1 heterocycles. The Kier molecular flexibility index (Phi) is 4.19. The van der Waals surface area contributed by atoms with Gasteiger partial charge in [-0.3, -0.25) is 9.89 Å².